The molecule has 0 unspecified atom stereocenters. The SMILES string of the molecule is C#CCCCCNc1ccc([N+](=O)[O-])c2ncccc12. The monoisotopic (exact) mass is 269 g/mol. The van der Waals surface area contributed by atoms with Crippen molar-refractivity contribution in [2.75, 3.05) is 11.9 Å². The van der Waals surface area contributed by atoms with Crippen LogP contribution in [0.25, 0.3) is 10.9 Å². The lowest BCUT2D eigenvalue weighted by Crippen LogP contribution is -2.03. The normalized spacial score (nSPS) is 10.2. The van der Waals surface area contributed by atoms with Crippen LogP contribution < -0.4 is 5.32 Å². The minimum Gasteiger partial charge on any atom is -0.384 e. The predicted octanol–water partition coefficient (Wildman–Crippen LogP) is 3.36. The molecule has 102 valence electrons. The number of fused-ring (bicyclic) bond motifs is 1. The van der Waals surface area contributed by atoms with E-state index in [4.69, 9.17) is 6.42 Å². The Bertz CT molecular complexity index is 662. The maximum atomic E-state index is 11.0. The Kier molecular flexibility index (Phi) is 4.51. The van der Waals surface area contributed by atoms with Gasteiger partial charge in [-0.25, -0.2) is 4.98 Å². The van der Waals surface area contributed by atoms with Gasteiger partial charge in [-0.15, -0.1) is 12.3 Å². The highest BCUT2D eigenvalue weighted by atomic mass is 16.6. The summed E-state index contributed by atoms with van der Waals surface area (Å²) in [7, 11) is 0. The van der Waals surface area contributed by atoms with Crippen LogP contribution in [0.2, 0.25) is 0 Å². The summed E-state index contributed by atoms with van der Waals surface area (Å²) in [6.45, 7) is 0.781. The molecule has 0 radical (unpaired) electrons. The van der Waals surface area contributed by atoms with Gasteiger partial charge in [0.15, 0.2) is 0 Å². The van der Waals surface area contributed by atoms with Crippen LogP contribution in [0.4, 0.5) is 11.4 Å². The highest BCUT2D eigenvalue weighted by Gasteiger charge is 2.14. The minimum atomic E-state index is -0.411. The number of nitrogens with one attached hydrogen (secondary N) is 1. The van der Waals surface area contributed by atoms with E-state index in [9.17, 15) is 10.1 Å². The Balaban J connectivity index is 2.21. The van der Waals surface area contributed by atoms with Crippen molar-refractivity contribution in [2.24, 2.45) is 0 Å². The number of aromatic nitrogens is 1. The van der Waals surface area contributed by atoms with Crippen LogP contribution in [-0.4, -0.2) is 16.5 Å². The van der Waals surface area contributed by atoms with Crippen LogP contribution in [-0.2, 0) is 0 Å². The molecule has 0 saturated heterocycles. The fraction of sp³-hybridized carbons (Fsp3) is 0.267. The summed E-state index contributed by atoms with van der Waals surface area (Å²) < 4.78 is 0. The fourth-order valence-electron chi connectivity index (χ4n) is 2.03. The number of hydrogen-bond acceptors (Lipinski definition) is 4. The number of benzene rings is 1. The number of nitro benzene ring substituents is 1. The fourth-order valence-corrected chi connectivity index (χ4v) is 2.03. The molecule has 1 heterocycles. The molecule has 20 heavy (non-hydrogen) atoms. The molecule has 2 aromatic rings. The molecule has 1 aromatic carbocycles. The van der Waals surface area contributed by atoms with Gasteiger partial charge in [-0.05, 0) is 31.0 Å². The molecule has 0 amide bonds. The first-order chi connectivity index (χ1) is 9.74. The average molecular weight is 269 g/mol. The van der Waals surface area contributed by atoms with Crippen molar-refractivity contribution >= 4 is 22.3 Å². The van der Waals surface area contributed by atoms with Crippen molar-refractivity contribution in [1.82, 2.24) is 4.98 Å². The van der Waals surface area contributed by atoms with E-state index < -0.39 is 4.92 Å². The molecular formula is C15H15N3O2. The third kappa shape index (κ3) is 3.04. The maximum Gasteiger partial charge on any atom is 0.295 e. The van der Waals surface area contributed by atoms with Crippen molar-refractivity contribution in [1.29, 1.82) is 0 Å². The smallest absolute Gasteiger partial charge is 0.295 e. The van der Waals surface area contributed by atoms with E-state index in [1.807, 2.05) is 6.07 Å². The molecule has 0 spiro atoms. The zero-order valence-electron chi connectivity index (χ0n) is 11.0. The van der Waals surface area contributed by atoms with Crippen molar-refractivity contribution in [2.45, 2.75) is 19.3 Å². The van der Waals surface area contributed by atoms with Crippen LogP contribution in [0.5, 0.6) is 0 Å². The summed E-state index contributed by atoms with van der Waals surface area (Å²) in [5.41, 5.74) is 1.30. The molecule has 0 bridgehead atoms. The molecule has 0 fully saturated rings. The zero-order valence-corrected chi connectivity index (χ0v) is 11.0. The molecule has 2 rings (SSSR count). The van der Waals surface area contributed by atoms with E-state index in [0.29, 0.717) is 5.52 Å². The first kappa shape index (κ1) is 13.8. The summed E-state index contributed by atoms with van der Waals surface area (Å²) in [6, 6.07) is 6.82. The lowest BCUT2D eigenvalue weighted by atomic mass is 10.1. The second-order valence-electron chi connectivity index (χ2n) is 4.38. The van der Waals surface area contributed by atoms with Gasteiger partial charge in [0.05, 0.1) is 4.92 Å². The molecule has 1 aromatic heterocycles. The van der Waals surface area contributed by atoms with Gasteiger partial charge in [-0.3, -0.25) is 10.1 Å². The van der Waals surface area contributed by atoms with E-state index in [1.54, 1.807) is 18.3 Å². The first-order valence-corrected chi connectivity index (χ1v) is 6.43. The molecule has 0 aliphatic carbocycles. The van der Waals surface area contributed by atoms with Gasteiger partial charge in [0.1, 0.15) is 5.52 Å². The van der Waals surface area contributed by atoms with Gasteiger partial charge in [0, 0.05) is 36.3 Å². The maximum absolute atomic E-state index is 11.0. The summed E-state index contributed by atoms with van der Waals surface area (Å²) in [6.07, 6.45) is 9.45. The number of pyridine rings is 1. The summed E-state index contributed by atoms with van der Waals surface area (Å²) in [4.78, 5) is 14.7. The first-order valence-electron chi connectivity index (χ1n) is 6.43. The van der Waals surface area contributed by atoms with Crippen molar-refractivity contribution in [3.8, 4) is 12.3 Å². The number of nitrogens with zero attached hydrogens (tertiary/aromatic N) is 2. The van der Waals surface area contributed by atoms with Gasteiger partial charge in [-0.2, -0.15) is 0 Å². The lowest BCUT2D eigenvalue weighted by Gasteiger charge is -2.09. The number of non-ortho nitro benzene ring substituents is 1. The standard InChI is InChI=1S/C15H15N3O2/c1-2-3-4-5-10-16-13-8-9-14(18(19)20)15-12(13)7-6-11-17-15/h1,6-9,11,16H,3-5,10H2. The Morgan fingerprint density at radius 2 is 2.20 bits per heavy atom. The number of terminal acetylenes is 1. The zero-order chi connectivity index (χ0) is 14.4. The largest absolute Gasteiger partial charge is 0.384 e. The van der Waals surface area contributed by atoms with Gasteiger partial charge in [-0.1, -0.05) is 0 Å². The third-order valence-corrected chi connectivity index (χ3v) is 3.01. The number of hydrogen-bond donors (Lipinski definition) is 1. The van der Waals surface area contributed by atoms with Crippen LogP contribution in [0.3, 0.4) is 0 Å². The molecule has 5 heteroatoms. The number of rotatable bonds is 6. The topological polar surface area (TPSA) is 68.1 Å². The van der Waals surface area contributed by atoms with Crippen LogP contribution in [0.15, 0.2) is 30.5 Å². The Labute approximate surface area is 117 Å². The quantitative estimate of drug-likeness (QED) is 0.378. The van der Waals surface area contributed by atoms with Crippen molar-refractivity contribution < 1.29 is 4.92 Å². The average Bonchev–Trinajstić information content (AvgIpc) is 2.46. The molecule has 0 saturated carbocycles. The second kappa shape index (κ2) is 6.53. The molecule has 5 nitrogen and oxygen atoms in total. The minimum absolute atomic E-state index is 0.0264. The van der Waals surface area contributed by atoms with Gasteiger partial charge < -0.3 is 5.32 Å². The van der Waals surface area contributed by atoms with E-state index in [0.717, 1.165) is 36.9 Å². The summed E-state index contributed by atoms with van der Waals surface area (Å²) in [5, 5.41) is 15.0. The second-order valence-corrected chi connectivity index (χ2v) is 4.38. The van der Waals surface area contributed by atoms with E-state index >= 15 is 0 Å². The van der Waals surface area contributed by atoms with Crippen molar-refractivity contribution in [3.05, 3.63) is 40.6 Å². The molecule has 1 N–H and O–H groups in total. The number of unbranched alkanes of at least 4 members (excludes halogenated alkanes) is 2. The van der Waals surface area contributed by atoms with E-state index in [2.05, 4.69) is 16.2 Å². The number of anilines is 1. The van der Waals surface area contributed by atoms with Crippen LogP contribution >= 0.6 is 0 Å². The highest BCUT2D eigenvalue weighted by molar-refractivity contribution is 5.96. The summed E-state index contributed by atoms with van der Waals surface area (Å²) in [5.74, 6) is 2.60. The van der Waals surface area contributed by atoms with Gasteiger partial charge in [0.25, 0.3) is 5.69 Å². The summed E-state index contributed by atoms with van der Waals surface area (Å²) >= 11 is 0. The highest BCUT2D eigenvalue weighted by Crippen LogP contribution is 2.29. The third-order valence-electron chi connectivity index (χ3n) is 3.01. The molecule has 0 atom stereocenters. The number of nitro groups is 1. The Morgan fingerprint density at radius 1 is 1.35 bits per heavy atom. The molecule has 0 aliphatic rings. The van der Waals surface area contributed by atoms with E-state index in [1.165, 1.54) is 6.07 Å². The van der Waals surface area contributed by atoms with Crippen LogP contribution in [0, 0.1) is 22.5 Å². The Morgan fingerprint density at radius 3 is 2.95 bits per heavy atom. The van der Waals surface area contributed by atoms with E-state index in [-0.39, 0.29) is 5.69 Å². The Hall–Kier alpha value is -2.61. The molecular weight excluding hydrogens is 254 g/mol. The van der Waals surface area contributed by atoms with Gasteiger partial charge >= 0.3 is 0 Å². The van der Waals surface area contributed by atoms with Gasteiger partial charge in [0.2, 0.25) is 0 Å². The lowest BCUT2D eigenvalue weighted by molar-refractivity contribution is -0.383. The van der Waals surface area contributed by atoms with Crippen LogP contribution in [0.1, 0.15) is 19.3 Å². The molecule has 0 aliphatic heterocycles. The van der Waals surface area contributed by atoms with Crippen molar-refractivity contribution in [3.63, 3.8) is 0 Å². The predicted molar refractivity (Wildman–Crippen MR) is 79.6 cm³/mol.